The third-order valence-electron chi connectivity index (χ3n) is 5.61. The molecule has 1 aliphatic rings. The summed E-state index contributed by atoms with van der Waals surface area (Å²) in [5.41, 5.74) is 2.96. The number of benzene rings is 1. The molecule has 2 unspecified atom stereocenters. The zero-order valence-corrected chi connectivity index (χ0v) is 18.4. The minimum atomic E-state index is -0.0314. The lowest BCUT2D eigenvalue weighted by Crippen LogP contribution is -2.29. The van der Waals surface area contributed by atoms with Gasteiger partial charge < -0.3 is 18.9 Å². The third kappa shape index (κ3) is 3.50. The summed E-state index contributed by atoms with van der Waals surface area (Å²) in [6.07, 6.45) is 7.43. The Hall–Kier alpha value is -2.71. The fourth-order valence-electron chi connectivity index (χ4n) is 4.10. The van der Waals surface area contributed by atoms with Crippen LogP contribution in [0.3, 0.4) is 0 Å². The molecule has 0 saturated carbocycles. The van der Waals surface area contributed by atoms with E-state index in [-0.39, 0.29) is 12.3 Å². The van der Waals surface area contributed by atoms with Crippen LogP contribution in [0.2, 0.25) is 0 Å². The summed E-state index contributed by atoms with van der Waals surface area (Å²) in [5, 5.41) is 2.02. The van der Waals surface area contributed by atoms with Crippen molar-refractivity contribution in [1.82, 2.24) is 19.5 Å². The van der Waals surface area contributed by atoms with Crippen LogP contribution in [0.5, 0.6) is 5.88 Å². The quantitative estimate of drug-likeness (QED) is 0.428. The van der Waals surface area contributed by atoms with Gasteiger partial charge in [0.25, 0.3) is 0 Å². The molecule has 4 aromatic rings. The van der Waals surface area contributed by atoms with E-state index in [0.717, 1.165) is 51.5 Å². The molecule has 30 heavy (non-hydrogen) atoms. The van der Waals surface area contributed by atoms with Crippen LogP contribution in [-0.4, -0.2) is 46.3 Å². The number of hydrogen-bond donors (Lipinski definition) is 0. The molecule has 4 heterocycles. The Morgan fingerprint density at radius 3 is 2.97 bits per heavy atom. The fraction of sp³-hybridized carbons (Fsp3) is 0.318. The summed E-state index contributed by atoms with van der Waals surface area (Å²) in [6, 6.07) is 10.4. The average Bonchev–Trinajstić information content (AvgIpc) is 3.39. The van der Waals surface area contributed by atoms with Crippen LogP contribution < -0.4 is 9.64 Å². The summed E-state index contributed by atoms with van der Waals surface area (Å²) in [6.45, 7) is 0.816. The average molecular weight is 468 g/mol. The van der Waals surface area contributed by atoms with E-state index in [1.165, 1.54) is 6.33 Å². The van der Waals surface area contributed by atoms with E-state index in [1.807, 2.05) is 18.5 Å². The Balaban J connectivity index is 1.30. The lowest BCUT2D eigenvalue weighted by atomic mass is 10.1. The summed E-state index contributed by atoms with van der Waals surface area (Å²) < 4.78 is 14.8. The Morgan fingerprint density at radius 1 is 1.20 bits per heavy atom. The molecular weight excluding hydrogens is 446 g/mol. The van der Waals surface area contributed by atoms with Gasteiger partial charge in [-0.2, -0.15) is 0 Å². The van der Waals surface area contributed by atoms with Crippen molar-refractivity contribution in [3.05, 3.63) is 53.5 Å². The van der Waals surface area contributed by atoms with Gasteiger partial charge >= 0.3 is 0 Å². The van der Waals surface area contributed by atoms with Gasteiger partial charge in [0, 0.05) is 41.5 Å². The van der Waals surface area contributed by atoms with Crippen molar-refractivity contribution >= 4 is 43.6 Å². The maximum atomic E-state index is 6.38. The standard InChI is InChI=1S/C22H22BrN5O2/c1-27(16-4-3-14-9-15(23)11-24-19(14)10-16)12-17-5-6-20(30-17)28-8-7-18-21(28)25-13-26-22(18)29-2/h3-4,7-11,13,17,20H,5-6,12H2,1-2H3. The van der Waals surface area contributed by atoms with Crippen LogP contribution in [0, 0.1) is 0 Å². The summed E-state index contributed by atoms with van der Waals surface area (Å²) in [5.74, 6) is 0.588. The second-order valence-electron chi connectivity index (χ2n) is 7.54. The van der Waals surface area contributed by atoms with Crippen LogP contribution in [-0.2, 0) is 4.74 Å². The summed E-state index contributed by atoms with van der Waals surface area (Å²) in [4.78, 5) is 15.4. The van der Waals surface area contributed by atoms with E-state index < -0.39 is 0 Å². The molecule has 1 aliphatic heterocycles. The first-order valence-corrected chi connectivity index (χ1v) is 10.7. The van der Waals surface area contributed by atoms with Crippen LogP contribution in [0.1, 0.15) is 19.1 Å². The highest BCUT2D eigenvalue weighted by Gasteiger charge is 2.29. The lowest BCUT2D eigenvalue weighted by molar-refractivity contribution is 0.00860. The molecule has 154 valence electrons. The van der Waals surface area contributed by atoms with Crippen LogP contribution in [0.15, 0.2) is 53.5 Å². The monoisotopic (exact) mass is 467 g/mol. The zero-order chi connectivity index (χ0) is 20.7. The van der Waals surface area contributed by atoms with Crippen molar-refractivity contribution in [2.45, 2.75) is 25.2 Å². The number of methoxy groups -OCH3 is 1. The van der Waals surface area contributed by atoms with Gasteiger partial charge in [0.15, 0.2) is 0 Å². The molecule has 0 radical (unpaired) electrons. The number of nitrogens with zero attached hydrogens (tertiary/aromatic N) is 5. The van der Waals surface area contributed by atoms with Gasteiger partial charge in [0.1, 0.15) is 18.2 Å². The second-order valence-corrected chi connectivity index (χ2v) is 8.46. The molecule has 1 fully saturated rings. The van der Waals surface area contributed by atoms with E-state index in [1.54, 1.807) is 7.11 Å². The van der Waals surface area contributed by atoms with Gasteiger partial charge in [-0.05, 0) is 53.0 Å². The number of rotatable bonds is 5. The van der Waals surface area contributed by atoms with E-state index in [9.17, 15) is 0 Å². The van der Waals surface area contributed by atoms with Gasteiger partial charge in [0.2, 0.25) is 5.88 Å². The number of fused-ring (bicyclic) bond motifs is 2. The van der Waals surface area contributed by atoms with Crippen molar-refractivity contribution in [2.75, 3.05) is 25.6 Å². The molecular formula is C22H22BrN5O2. The van der Waals surface area contributed by atoms with Crippen LogP contribution in [0.25, 0.3) is 21.9 Å². The number of halogens is 1. The normalized spacial score (nSPS) is 18.9. The van der Waals surface area contributed by atoms with Gasteiger partial charge in [-0.15, -0.1) is 0 Å². The molecule has 0 N–H and O–H groups in total. The van der Waals surface area contributed by atoms with Crippen LogP contribution >= 0.6 is 15.9 Å². The molecule has 8 heteroatoms. The topological polar surface area (TPSA) is 65.3 Å². The van der Waals surface area contributed by atoms with Crippen LogP contribution in [0.4, 0.5) is 5.69 Å². The molecule has 7 nitrogen and oxygen atoms in total. The van der Waals surface area contributed by atoms with E-state index in [2.05, 4.69) is 71.7 Å². The molecule has 5 rings (SSSR count). The molecule has 0 aliphatic carbocycles. The minimum absolute atomic E-state index is 0.0314. The number of ether oxygens (including phenoxy) is 2. The molecule has 0 amide bonds. The summed E-state index contributed by atoms with van der Waals surface area (Å²) >= 11 is 3.48. The van der Waals surface area contributed by atoms with E-state index in [4.69, 9.17) is 9.47 Å². The molecule has 0 bridgehead atoms. The summed E-state index contributed by atoms with van der Waals surface area (Å²) in [7, 11) is 3.72. The Labute approximate surface area is 182 Å². The second kappa shape index (κ2) is 7.85. The van der Waals surface area contributed by atoms with Crippen molar-refractivity contribution in [2.24, 2.45) is 0 Å². The maximum Gasteiger partial charge on any atom is 0.225 e. The lowest BCUT2D eigenvalue weighted by Gasteiger charge is -2.24. The Kier molecular flexibility index (Phi) is 5.04. The molecule has 1 saturated heterocycles. The highest BCUT2D eigenvalue weighted by atomic mass is 79.9. The van der Waals surface area contributed by atoms with E-state index in [0.29, 0.717) is 5.88 Å². The largest absolute Gasteiger partial charge is 0.480 e. The number of anilines is 1. The Morgan fingerprint density at radius 2 is 2.10 bits per heavy atom. The van der Waals surface area contributed by atoms with Crippen molar-refractivity contribution in [1.29, 1.82) is 0 Å². The number of likely N-dealkylation sites (N-methyl/N-ethyl adjacent to an activating group) is 1. The van der Waals surface area contributed by atoms with E-state index >= 15 is 0 Å². The number of pyridine rings is 1. The molecule has 0 spiro atoms. The number of hydrogen-bond acceptors (Lipinski definition) is 6. The fourth-order valence-corrected chi connectivity index (χ4v) is 4.45. The van der Waals surface area contributed by atoms with Crippen molar-refractivity contribution in [3.63, 3.8) is 0 Å². The molecule has 1 aromatic carbocycles. The maximum absolute atomic E-state index is 6.38. The predicted molar refractivity (Wildman–Crippen MR) is 120 cm³/mol. The smallest absolute Gasteiger partial charge is 0.225 e. The first-order valence-electron chi connectivity index (χ1n) is 9.90. The Bertz CT molecular complexity index is 1210. The predicted octanol–water partition coefficient (Wildman–Crippen LogP) is 4.56. The van der Waals surface area contributed by atoms with Gasteiger partial charge in [-0.3, -0.25) is 4.98 Å². The molecule has 2 atom stereocenters. The highest BCUT2D eigenvalue weighted by Crippen LogP contribution is 2.33. The number of aromatic nitrogens is 4. The van der Waals surface area contributed by atoms with Crippen molar-refractivity contribution < 1.29 is 9.47 Å². The SMILES string of the molecule is COc1ncnc2c1ccn2C1CCC(CN(C)c2ccc3cc(Br)cnc3c2)O1. The first kappa shape index (κ1) is 19.3. The minimum Gasteiger partial charge on any atom is -0.480 e. The van der Waals surface area contributed by atoms with Crippen molar-refractivity contribution in [3.8, 4) is 5.88 Å². The highest BCUT2D eigenvalue weighted by molar-refractivity contribution is 9.10. The molecule has 3 aromatic heterocycles. The van der Waals surface area contributed by atoms with Gasteiger partial charge in [0.05, 0.1) is 24.1 Å². The first-order chi connectivity index (χ1) is 14.6. The van der Waals surface area contributed by atoms with Gasteiger partial charge in [-0.25, -0.2) is 9.97 Å². The third-order valence-corrected chi connectivity index (χ3v) is 6.05. The van der Waals surface area contributed by atoms with Gasteiger partial charge in [-0.1, -0.05) is 6.07 Å². The zero-order valence-electron chi connectivity index (χ0n) is 16.8.